The van der Waals surface area contributed by atoms with Gasteiger partial charge in [-0.3, -0.25) is 0 Å². The van der Waals surface area contributed by atoms with Gasteiger partial charge in [0, 0.05) is 6.42 Å². The van der Waals surface area contributed by atoms with Gasteiger partial charge >= 0.3 is 0 Å². The average Bonchev–Trinajstić information content (AvgIpc) is 2.39. The first-order valence-corrected chi connectivity index (χ1v) is 4.13. The molecule has 0 aromatic carbocycles. The molecule has 0 saturated carbocycles. The lowest BCUT2D eigenvalue weighted by atomic mass is 10.0. The van der Waals surface area contributed by atoms with E-state index in [9.17, 15) is 4.79 Å². The summed E-state index contributed by atoms with van der Waals surface area (Å²) >= 11 is 0. The highest BCUT2D eigenvalue weighted by molar-refractivity contribution is 5.75. The fourth-order valence-electron chi connectivity index (χ4n) is 1.26. The van der Waals surface area contributed by atoms with Gasteiger partial charge < -0.3 is 4.79 Å². The molecule has 0 fully saturated rings. The van der Waals surface area contributed by atoms with Crippen LogP contribution in [0.15, 0.2) is 24.3 Å². The van der Waals surface area contributed by atoms with Crippen LogP contribution in [0.4, 0.5) is 0 Å². The number of ketones is 1. The summed E-state index contributed by atoms with van der Waals surface area (Å²) in [4.78, 5) is 10.6. The molecule has 11 heavy (non-hydrogen) atoms. The Morgan fingerprint density at radius 2 is 2.00 bits per heavy atom. The molecule has 1 aliphatic carbocycles. The Bertz CT molecular complexity index is 177. The summed E-state index contributed by atoms with van der Waals surface area (Å²) in [6.45, 7) is 1.65. The van der Waals surface area contributed by atoms with E-state index < -0.39 is 0 Å². The first-order chi connectivity index (χ1) is 5.29. The Hall–Kier alpha value is -0.850. The van der Waals surface area contributed by atoms with Crippen molar-refractivity contribution in [3.8, 4) is 0 Å². The van der Waals surface area contributed by atoms with Crippen molar-refractivity contribution in [3.63, 3.8) is 0 Å². The zero-order valence-corrected chi connectivity index (χ0v) is 6.92. The molecule has 0 atom stereocenters. The molecule has 0 unspecified atom stereocenters. The summed E-state index contributed by atoms with van der Waals surface area (Å²) in [6, 6.07) is 0. The van der Waals surface area contributed by atoms with Crippen LogP contribution in [0.1, 0.15) is 26.2 Å². The monoisotopic (exact) mass is 150 g/mol. The fraction of sp³-hybridized carbons (Fsp3) is 0.500. The first kappa shape index (κ1) is 8.25. The Morgan fingerprint density at radius 3 is 2.55 bits per heavy atom. The van der Waals surface area contributed by atoms with Gasteiger partial charge in [0.25, 0.3) is 0 Å². The fourth-order valence-corrected chi connectivity index (χ4v) is 1.26. The summed E-state index contributed by atoms with van der Waals surface area (Å²) in [5.41, 5.74) is 0. The van der Waals surface area contributed by atoms with E-state index in [0.717, 1.165) is 19.3 Å². The number of hydrogen-bond acceptors (Lipinski definition) is 1. The van der Waals surface area contributed by atoms with E-state index in [1.165, 1.54) is 0 Å². The molecule has 0 bridgehead atoms. The van der Waals surface area contributed by atoms with E-state index in [1.54, 1.807) is 6.92 Å². The Morgan fingerprint density at radius 1 is 1.36 bits per heavy atom. The van der Waals surface area contributed by atoms with E-state index in [0.29, 0.717) is 11.7 Å². The molecular weight excluding hydrogens is 136 g/mol. The van der Waals surface area contributed by atoms with Gasteiger partial charge in [-0.25, -0.2) is 0 Å². The maximum absolute atomic E-state index is 10.6. The van der Waals surface area contributed by atoms with Crippen molar-refractivity contribution in [2.24, 2.45) is 5.92 Å². The van der Waals surface area contributed by atoms with E-state index in [4.69, 9.17) is 0 Å². The van der Waals surface area contributed by atoms with E-state index in [1.807, 2.05) is 0 Å². The van der Waals surface area contributed by atoms with Gasteiger partial charge in [0.2, 0.25) is 0 Å². The molecule has 0 heterocycles. The first-order valence-electron chi connectivity index (χ1n) is 4.13. The van der Waals surface area contributed by atoms with Gasteiger partial charge in [0.05, 0.1) is 0 Å². The van der Waals surface area contributed by atoms with E-state index in [-0.39, 0.29) is 0 Å². The van der Waals surface area contributed by atoms with E-state index >= 15 is 0 Å². The SMILES string of the molecule is CC(=O)CCCC1C=CC=C1. The topological polar surface area (TPSA) is 17.1 Å². The van der Waals surface area contributed by atoms with Crippen LogP contribution in [0, 0.1) is 5.92 Å². The van der Waals surface area contributed by atoms with Gasteiger partial charge in [-0.15, -0.1) is 0 Å². The minimum atomic E-state index is 0.302. The second kappa shape index (κ2) is 4.12. The number of Topliss-reactive ketones (excluding diaryl/α,β-unsaturated/α-hetero) is 1. The van der Waals surface area contributed by atoms with Crippen LogP contribution in [0.3, 0.4) is 0 Å². The molecule has 0 amide bonds. The summed E-state index contributed by atoms with van der Waals surface area (Å²) < 4.78 is 0. The molecule has 1 rings (SSSR count). The minimum Gasteiger partial charge on any atom is -0.300 e. The molecule has 60 valence electrons. The molecule has 1 aliphatic rings. The Kier molecular flexibility index (Phi) is 3.09. The van der Waals surface area contributed by atoms with Crippen molar-refractivity contribution >= 4 is 5.78 Å². The maximum atomic E-state index is 10.6. The molecule has 0 radical (unpaired) electrons. The predicted molar refractivity (Wildman–Crippen MR) is 46.3 cm³/mol. The smallest absolute Gasteiger partial charge is 0.129 e. The molecule has 0 saturated heterocycles. The lowest BCUT2D eigenvalue weighted by Gasteiger charge is -2.02. The van der Waals surface area contributed by atoms with Crippen molar-refractivity contribution in [1.82, 2.24) is 0 Å². The van der Waals surface area contributed by atoms with Crippen LogP contribution in [0.5, 0.6) is 0 Å². The van der Waals surface area contributed by atoms with Crippen molar-refractivity contribution in [2.75, 3.05) is 0 Å². The summed E-state index contributed by atoms with van der Waals surface area (Å²) in [5.74, 6) is 0.894. The van der Waals surface area contributed by atoms with Crippen LogP contribution in [-0.2, 0) is 4.79 Å². The molecule has 0 aliphatic heterocycles. The third-order valence-electron chi connectivity index (χ3n) is 1.89. The summed E-state index contributed by atoms with van der Waals surface area (Å²) in [6.07, 6.45) is 11.4. The zero-order chi connectivity index (χ0) is 8.10. The second-order valence-corrected chi connectivity index (χ2v) is 3.03. The standard InChI is InChI=1S/C10H14O/c1-9(11)5-4-8-10-6-2-3-7-10/h2-3,6-7,10H,4-5,8H2,1H3. The van der Waals surface area contributed by atoms with Crippen LogP contribution < -0.4 is 0 Å². The van der Waals surface area contributed by atoms with Crippen molar-refractivity contribution < 1.29 is 4.79 Å². The molecular formula is C10H14O. The van der Waals surface area contributed by atoms with Crippen molar-refractivity contribution in [2.45, 2.75) is 26.2 Å². The van der Waals surface area contributed by atoms with Gasteiger partial charge in [-0.1, -0.05) is 24.3 Å². The van der Waals surface area contributed by atoms with E-state index in [2.05, 4.69) is 24.3 Å². The summed E-state index contributed by atoms with van der Waals surface area (Å²) in [7, 11) is 0. The normalized spacial score (nSPS) is 16.1. The third-order valence-corrected chi connectivity index (χ3v) is 1.89. The minimum absolute atomic E-state index is 0.302. The van der Waals surface area contributed by atoms with Gasteiger partial charge in [0.15, 0.2) is 0 Å². The predicted octanol–water partition coefficient (Wildman–Crippen LogP) is 2.49. The van der Waals surface area contributed by atoms with Gasteiger partial charge in [-0.05, 0) is 25.7 Å². The molecule has 0 N–H and O–H groups in total. The highest BCUT2D eigenvalue weighted by Crippen LogP contribution is 2.15. The molecule has 0 aromatic rings. The quantitative estimate of drug-likeness (QED) is 0.601. The number of carbonyl (C=O) groups excluding carboxylic acids is 1. The van der Waals surface area contributed by atoms with Crippen molar-refractivity contribution in [3.05, 3.63) is 24.3 Å². The Balaban J connectivity index is 2.08. The summed E-state index contributed by atoms with van der Waals surface area (Å²) in [5, 5.41) is 0. The highest BCUT2D eigenvalue weighted by atomic mass is 16.1. The van der Waals surface area contributed by atoms with Gasteiger partial charge in [0.1, 0.15) is 5.78 Å². The average molecular weight is 150 g/mol. The number of rotatable bonds is 4. The zero-order valence-electron chi connectivity index (χ0n) is 6.92. The Labute approximate surface area is 67.8 Å². The van der Waals surface area contributed by atoms with Crippen LogP contribution in [-0.4, -0.2) is 5.78 Å². The largest absolute Gasteiger partial charge is 0.300 e. The molecule has 0 spiro atoms. The third kappa shape index (κ3) is 3.17. The van der Waals surface area contributed by atoms with Gasteiger partial charge in [-0.2, -0.15) is 0 Å². The lowest BCUT2D eigenvalue weighted by molar-refractivity contribution is -0.117. The number of allylic oxidation sites excluding steroid dienone is 4. The molecule has 1 heteroatoms. The maximum Gasteiger partial charge on any atom is 0.129 e. The van der Waals surface area contributed by atoms with Crippen LogP contribution in [0.25, 0.3) is 0 Å². The lowest BCUT2D eigenvalue weighted by Crippen LogP contribution is -1.93. The van der Waals surface area contributed by atoms with Crippen LogP contribution >= 0.6 is 0 Å². The highest BCUT2D eigenvalue weighted by Gasteiger charge is 2.03. The molecule has 0 aromatic heterocycles. The number of carbonyl (C=O) groups is 1. The molecule has 1 nitrogen and oxygen atoms in total. The second-order valence-electron chi connectivity index (χ2n) is 3.03. The number of hydrogen-bond donors (Lipinski definition) is 0. The van der Waals surface area contributed by atoms with Crippen LogP contribution in [0.2, 0.25) is 0 Å². The van der Waals surface area contributed by atoms with Crippen molar-refractivity contribution in [1.29, 1.82) is 0 Å².